The molecule has 3 rings (SSSR count). The molecule has 0 aliphatic heterocycles. The maximum Gasteiger partial charge on any atom is 0.178 e. The van der Waals surface area contributed by atoms with Crippen LogP contribution in [0.2, 0.25) is 0 Å². The summed E-state index contributed by atoms with van der Waals surface area (Å²) in [6, 6.07) is 6.07. The van der Waals surface area contributed by atoms with E-state index < -0.39 is 0 Å². The van der Waals surface area contributed by atoms with E-state index in [0.717, 1.165) is 22.9 Å². The van der Waals surface area contributed by atoms with Crippen molar-refractivity contribution in [2.45, 2.75) is 33.2 Å². The van der Waals surface area contributed by atoms with Crippen molar-refractivity contribution < 1.29 is 0 Å². The summed E-state index contributed by atoms with van der Waals surface area (Å²) in [6.45, 7) is 8.37. The van der Waals surface area contributed by atoms with E-state index in [-0.39, 0.29) is 5.54 Å². The minimum Gasteiger partial charge on any atom is -0.304 e. The maximum atomic E-state index is 4.63. The predicted molar refractivity (Wildman–Crippen MR) is 73.9 cm³/mol. The standard InChI is InChI=1S/C14H17N5/c1-10-6-5-7-12-17-11(8-18(10)12)13-15-9-16-19(13)14(2,3)4/h5-9H,1-4H3. The van der Waals surface area contributed by atoms with E-state index >= 15 is 0 Å². The number of imidazole rings is 1. The zero-order chi connectivity index (χ0) is 13.6. The van der Waals surface area contributed by atoms with Crippen LogP contribution in [-0.4, -0.2) is 24.1 Å². The van der Waals surface area contributed by atoms with Crippen molar-refractivity contribution in [2.75, 3.05) is 0 Å². The van der Waals surface area contributed by atoms with Crippen LogP contribution in [0.4, 0.5) is 0 Å². The molecule has 3 aromatic heterocycles. The molecule has 5 nitrogen and oxygen atoms in total. The lowest BCUT2D eigenvalue weighted by molar-refractivity contribution is 0.359. The summed E-state index contributed by atoms with van der Waals surface area (Å²) in [4.78, 5) is 8.98. The Morgan fingerprint density at radius 2 is 1.95 bits per heavy atom. The Morgan fingerprint density at radius 1 is 1.16 bits per heavy atom. The average molecular weight is 255 g/mol. The number of hydrogen-bond donors (Lipinski definition) is 0. The van der Waals surface area contributed by atoms with Gasteiger partial charge in [0.1, 0.15) is 17.7 Å². The molecule has 0 N–H and O–H groups in total. The number of hydrogen-bond acceptors (Lipinski definition) is 3. The molecule has 0 saturated carbocycles. The molecule has 0 saturated heterocycles. The Morgan fingerprint density at radius 3 is 2.63 bits per heavy atom. The molecular formula is C14H17N5. The second-order valence-corrected chi connectivity index (χ2v) is 5.69. The predicted octanol–water partition coefficient (Wildman–Crippen LogP) is 2.66. The van der Waals surface area contributed by atoms with Crippen LogP contribution in [0.15, 0.2) is 30.7 Å². The van der Waals surface area contributed by atoms with E-state index in [4.69, 9.17) is 0 Å². The molecule has 0 aromatic carbocycles. The van der Waals surface area contributed by atoms with Gasteiger partial charge in [-0.25, -0.2) is 14.6 Å². The third kappa shape index (κ3) is 1.91. The van der Waals surface area contributed by atoms with Gasteiger partial charge in [0.2, 0.25) is 0 Å². The van der Waals surface area contributed by atoms with E-state index in [9.17, 15) is 0 Å². The molecule has 0 aliphatic carbocycles. The minimum absolute atomic E-state index is 0.114. The number of aryl methyl sites for hydroxylation is 1. The summed E-state index contributed by atoms with van der Waals surface area (Å²) >= 11 is 0. The second kappa shape index (κ2) is 3.91. The van der Waals surface area contributed by atoms with Crippen molar-refractivity contribution in [3.63, 3.8) is 0 Å². The van der Waals surface area contributed by atoms with Gasteiger partial charge in [-0.1, -0.05) is 6.07 Å². The Hall–Kier alpha value is -2.17. The molecule has 5 heteroatoms. The van der Waals surface area contributed by atoms with Gasteiger partial charge in [0.25, 0.3) is 0 Å². The summed E-state index contributed by atoms with van der Waals surface area (Å²) in [6.07, 6.45) is 3.59. The van der Waals surface area contributed by atoms with Gasteiger partial charge in [0, 0.05) is 11.9 Å². The molecule has 98 valence electrons. The zero-order valence-electron chi connectivity index (χ0n) is 11.6. The van der Waals surface area contributed by atoms with Crippen molar-refractivity contribution in [1.82, 2.24) is 24.1 Å². The fraction of sp³-hybridized carbons (Fsp3) is 0.357. The first-order chi connectivity index (χ1) is 8.97. The first-order valence-corrected chi connectivity index (χ1v) is 6.32. The Balaban J connectivity index is 2.21. The number of fused-ring (bicyclic) bond motifs is 1. The van der Waals surface area contributed by atoms with Crippen LogP contribution in [0.3, 0.4) is 0 Å². The van der Waals surface area contributed by atoms with Crippen molar-refractivity contribution in [3.05, 3.63) is 36.4 Å². The van der Waals surface area contributed by atoms with Gasteiger partial charge < -0.3 is 4.40 Å². The largest absolute Gasteiger partial charge is 0.304 e. The van der Waals surface area contributed by atoms with Crippen LogP contribution in [0.1, 0.15) is 26.5 Å². The molecule has 0 atom stereocenters. The van der Waals surface area contributed by atoms with Gasteiger partial charge in [-0.3, -0.25) is 0 Å². The highest BCUT2D eigenvalue weighted by atomic mass is 15.4. The molecule has 3 aromatic rings. The highest BCUT2D eigenvalue weighted by Crippen LogP contribution is 2.23. The number of pyridine rings is 1. The quantitative estimate of drug-likeness (QED) is 0.671. The van der Waals surface area contributed by atoms with Crippen LogP contribution in [0.25, 0.3) is 17.2 Å². The summed E-state index contributed by atoms with van der Waals surface area (Å²) in [5, 5.41) is 4.31. The highest BCUT2D eigenvalue weighted by molar-refractivity contribution is 5.56. The fourth-order valence-electron chi connectivity index (χ4n) is 2.16. The first kappa shape index (κ1) is 11.9. The Bertz CT molecular complexity index is 730. The van der Waals surface area contributed by atoms with Gasteiger partial charge in [-0.05, 0) is 39.8 Å². The van der Waals surface area contributed by atoms with Gasteiger partial charge in [-0.15, -0.1) is 0 Å². The van der Waals surface area contributed by atoms with E-state index in [1.165, 1.54) is 0 Å². The van der Waals surface area contributed by atoms with Crippen LogP contribution in [-0.2, 0) is 5.54 Å². The smallest absolute Gasteiger partial charge is 0.178 e. The minimum atomic E-state index is -0.114. The summed E-state index contributed by atoms with van der Waals surface area (Å²) in [5.41, 5.74) is 2.81. The van der Waals surface area contributed by atoms with E-state index in [0.29, 0.717) is 0 Å². The average Bonchev–Trinajstić information content (AvgIpc) is 2.94. The molecule has 0 amide bonds. The third-order valence-corrected chi connectivity index (χ3v) is 3.11. The lowest BCUT2D eigenvalue weighted by Crippen LogP contribution is -2.24. The normalized spacial score (nSPS) is 12.2. The Kier molecular flexibility index (Phi) is 2.45. The van der Waals surface area contributed by atoms with Crippen LogP contribution in [0, 0.1) is 6.92 Å². The number of nitrogens with zero attached hydrogens (tertiary/aromatic N) is 5. The maximum absolute atomic E-state index is 4.63. The number of aromatic nitrogens is 5. The van der Waals surface area contributed by atoms with E-state index in [2.05, 4.69) is 53.2 Å². The van der Waals surface area contributed by atoms with Crippen molar-refractivity contribution in [2.24, 2.45) is 0 Å². The van der Waals surface area contributed by atoms with Crippen molar-refractivity contribution >= 4 is 5.65 Å². The van der Waals surface area contributed by atoms with Gasteiger partial charge in [0.05, 0.1) is 5.54 Å². The molecule has 0 aliphatic rings. The molecule has 0 unspecified atom stereocenters. The van der Waals surface area contributed by atoms with Crippen molar-refractivity contribution in [3.8, 4) is 11.5 Å². The summed E-state index contributed by atoms with van der Waals surface area (Å²) in [7, 11) is 0. The zero-order valence-corrected chi connectivity index (χ0v) is 11.6. The van der Waals surface area contributed by atoms with Gasteiger partial charge in [-0.2, -0.15) is 5.10 Å². The molecule has 0 spiro atoms. The van der Waals surface area contributed by atoms with Crippen LogP contribution < -0.4 is 0 Å². The second-order valence-electron chi connectivity index (χ2n) is 5.69. The van der Waals surface area contributed by atoms with E-state index in [1.807, 2.05) is 23.0 Å². The SMILES string of the molecule is Cc1cccc2nc(-c3ncnn3C(C)(C)C)cn12. The molecule has 3 heterocycles. The van der Waals surface area contributed by atoms with Gasteiger partial charge >= 0.3 is 0 Å². The highest BCUT2D eigenvalue weighted by Gasteiger charge is 2.21. The Labute approximate surface area is 111 Å². The fourth-order valence-corrected chi connectivity index (χ4v) is 2.16. The molecule has 0 bridgehead atoms. The summed E-state index contributed by atoms with van der Waals surface area (Å²) < 4.78 is 3.97. The number of rotatable bonds is 1. The molecule has 0 radical (unpaired) electrons. The lowest BCUT2D eigenvalue weighted by atomic mass is 10.1. The lowest BCUT2D eigenvalue weighted by Gasteiger charge is -2.20. The molecule has 0 fully saturated rings. The first-order valence-electron chi connectivity index (χ1n) is 6.32. The van der Waals surface area contributed by atoms with E-state index in [1.54, 1.807) is 6.33 Å². The van der Waals surface area contributed by atoms with Crippen molar-refractivity contribution in [1.29, 1.82) is 0 Å². The monoisotopic (exact) mass is 255 g/mol. The molecule has 19 heavy (non-hydrogen) atoms. The van der Waals surface area contributed by atoms with Gasteiger partial charge in [0.15, 0.2) is 5.82 Å². The topological polar surface area (TPSA) is 48.0 Å². The molecular weight excluding hydrogens is 238 g/mol. The third-order valence-electron chi connectivity index (χ3n) is 3.11. The summed E-state index contributed by atoms with van der Waals surface area (Å²) in [5.74, 6) is 0.801. The van der Waals surface area contributed by atoms with Crippen LogP contribution in [0.5, 0.6) is 0 Å². The van der Waals surface area contributed by atoms with Crippen LogP contribution >= 0.6 is 0 Å².